The van der Waals surface area contributed by atoms with E-state index in [0.717, 1.165) is 95.6 Å². The van der Waals surface area contributed by atoms with E-state index in [-0.39, 0.29) is 46.8 Å². The number of sulfone groups is 2. The van der Waals surface area contributed by atoms with Gasteiger partial charge in [0.1, 0.15) is 24.0 Å². The van der Waals surface area contributed by atoms with Gasteiger partial charge in [-0.05, 0) is 203 Å². The number of carbonyl (C=O) groups excluding carboxylic acids is 2. The fraction of sp³-hybridized carbons (Fsp3) is 0.449. The number of oxime groups is 1. The number of fused-ring (bicyclic) bond motifs is 1. The third-order valence-corrected chi connectivity index (χ3v) is 22.1. The number of aromatic hydroxyl groups is 1. The molecule has 107 heavy (non-hydrogen) atoms. The number of nitrogens with two attached hydrogens (primary N) is 6. The van der Waals surface area contributed by atoms with Crippen LogP contribution >= 0.6 is 0 Å². The Morgan fingerprint density at radius 3 is 1.84 bits per heavy atom. The van der Waals surface area contributed by atoms with Crippen LogP contribution in [0.2, 0.25) is 0 Å². The molecule has 1 amide bonds. The molecule has 6 aliphatic rings. The van der Waals surface area contributed by atoms with Crippen molar-refractivity contribution >= 4 is 48.5 Å². The van der Waals surface area contributed by atoms with Gasteiger partial charge in [-0.2, -0.15) is 13.2 Å². The Kier molecular flexibility index (Phi) is 33.0. The number of phenolic OH excluding ortho intramolecular Hbond substituents is 1. The van der Waals surface area contributed by atoms with Crippen molar-refractivity contribution in [1.82, 2.24) is 25.1 Å². The van der Waals surface area contributed by atoms with Gasteiger partial charge in [0.15, 0.2) is 33.1 Å². The van der Waals surface area contributed by atoms with Crippen molar-refractivity contribution < 1.29 is 67.5 Å². The Morgan fingerprint density at radius 2 is 1.35 bits per heavy atom. The monoisotopic (exact) mass is 1530 g/mol. The van der Waals surface area contributed by atoms with Crippen molar-refractivity contribution in [2.24, 2.45) is 57.2 Å². The summed E-state index contributed by atoms with van der Waals surface area (Å²) in [7, 11) is -6.50. The number of nitrogens with one attached hydrogen (secondary N) is 1. The van der Waals surface area contributed by atoms with Crippen LogP contribution in [0.3, 0.4) is 0 Å². The van der Waals surface area contributed by atoms with E-state index in [1.807, 2.05) is 18.4 Å². The van der Waals surface area contributed by atoms with Gasteiger partial charge in [-0.1, -0.05) is 93.7 Å². The molecule has 2 atom stereocenters. The van der Waals surface area contributed by atoms with Gasteiger partial charge in [-0.3, -0.25) is 19.9 Å². The van der Waals surface area contributed by atoms with Gasteiger partial charge in [-0.25, -0.2) is 30.0 Å². The number of Topliss-reactive ketones (excluding diaryl/α,β-unsaturated/α-hetero) is 1. The van der Waals surface area contributed by atoms with Crippen LogP contribution in [0.15, 0.2) is 160 Å². The predicted molar refractivity (Wildman–Crippen MR) is 404 cm³/mol. The number of halogens is 6. The highest BCUT2D eigenvalue weighted by atomic mass is 32.2. The minimum Gasteiger partial charge on any atom is -0.507 e. The molecule has 21 nitrogen and oxygen atoms in total. The lowest BCUT2D eigenvalue weighted by molar-refractivity contribution is -0.137. The molecule has 14 N–H and O–H groups in total. The number of rotatable bonds is 19. The minimum atomic E-state index is -4.33. The van der Waals surface area contributed by atoms with E-state index in [4.69, 9.17) is 49.2 Å². The number of alkyl halides is 3. The zero-order valence-corrected chi connectivity index (χ0v) is 63.6. The van der Waals surface area contributed by atoms with E-state index in [1.165, 1.54) is 49.6 Å². The second-order valence-corrected chi connectivity index (χ2v) is 32.0. The van der Waals surface area contributed by atoms with Crippen molar-refractivity contribution in [2.75, 3.05) is 44.0 Å². The predicted octanol–water partition coefficient (Wildman–Crippen LogP) is 13.0. The molecule has 5 fully saturated rings. The first-order chi connectivity index (χ1) is 50.5. The SMILES string of the molecule is C=C1NOC[C@H]1N.CC(=O)c1ccc(N)cc1O.CC(C)C12CC3CC(CC(C3)C1)C2.CCCCCC/C(=N/OCCN)c1ccc(C(F)(F)F)cc1.CS(=O)(=O)c1ccc(CN)cc1.Cc1ccc(S(=O)(=O)c2ccc(N)cc2)cc1.Cc1nnc2n1CCN(C(=O)CC(N)Cc1cc(F)c(F)cc1F)C2. The number of carbonyl (C=O) groups is 2. The van der Waals surface area contributed by atoms with E-state index in [0.29, 0.717) is 102 Å². The molecule has 4 saturated carbocycles. The number of anilines is 2. The average molecular weight is 1530 g/mol. The highest BCUT2D eigenvalue weighted by Crippen LogP contribution is 2.62. The number of amides is 1. The summed E-state index contributed by atoms with van der Waals surface area (Å²) in [5, 5.41) is 21.2. The fourth-order valence-electron chi connectivity index (χ4n) is 13.4. The number of hydroxylamine groups is 1. The van der Waals surface area contributed by atoms with E-state index in [2.05, 4.69) is 48.2 Å². The largest absolute Gasteiger partial charge is 0.507 e. The number of unbranched alkanes of at least 4 members (excludes halogenated alkanes) is 3. The highest BCUT2D eigenvalue weighted by Gasteiger charge is 2.52. The first kappa shape index (κ1) is 87.2. The lowest BCUT2D eigenvalue weighted by Crippen LogP contribution is -2.48. The summed E-state index contributed by atoms with van der Waals surface area (Å²) in [5.74, 6) is 2.17. The Bertz CT molecular complexity index is 4210. The average Bonchev–Trinajstić information content (AvgIpc) is 1.57. The second kappa shape index (κ2) is 40.5. The third kappa shape index (κ3) is 26.6. The maximum atomic E-state index is 13.7. The van der Waals surface area contributed by atoms with E-state index in [1.54, 1.807) is 110 Å². The Morgan fingerprint density at radius 1 is 0.776 bits per heavy atom. The number of aromatic nitrogens is 3. The number of benzene rings is 6. The lowest BCUT2D eigenvalue weighted by atomic mass is 9.47. The number of hydrogen-bond donors (Lipinski definition) is 8. The van der Waals surface area contributed by atoms with Crippen LogP contribution in [0.1, 0.15) is 155 Å². The topological polar surface area (TPSA) is 356 Å². The highest BCUT2D eigenvalue weighted by molar-refractivity contribution is 7.91. The molecule has 0 spiro atoms. The first-order valence-corrected chi connectivity index (χ1v) is 39.0. The first-order valence-electron chi connectivity index (χ1n) is 35.7. The smallest absolute Gasteiger partial charge is 0.416 e. The summed E-state index contributed by atoms with van der Waals surface area (Å²) in [6.07, 6.45) is 11.2. The number of ketones is 1. The number of nitrogens with zero attached hydrogens (tertiary/aromatic N) is 5. The van der Waals surface area contributed by atoms with Crippen molar-refractivity contribution in [3.05, 3.63) is 202 Å². The maximum Gasteiger partial charge on any atom is 0.416 e. The molecule has 3 heterocycles. The summed E-state index contributed by atoms with van der Waals surface area (Å²) >= 11 is 0. The van der Waals surface area contributed by atoms with Crippen LogP contribution in [-0.4, -0.2) is 104 Å². The standard InChI is InChI=1S/C16H18F3N5O.C16H23F3N2O.C13H13NO2S.C13H22.C8H11NO2S.C8H9NO2.C4H8N2O/c1-9-21-22-15-8-23(2-3-24(9)15)16(25)6-11(20)4-10-5-13(18)14(19)7-12(10)17;1-2-3-4-5-6-15(21-22-12-11-20)13-7-9-14(10-8-13)16(17,18)19;1-10-2-6-12(7-3-10)17(15,16)13-8-4-11(14)5-9-13;1-9(2)13-6-10-3-11(7-13)5-12(4-10)8-13;1-12(10,11)8-4-2-7(6-9)3-5-8;1-5(10)7-3-2-6(9)4-8(7)11;1-3-4(5)2-7-6-3/h5,7,11H,2-4,6,8,20H2,1H3;7-10H,2-6,11-12,20H2,1H3;2-9H,14H2,1H3;9-12H,3-8H2,1-2H3;2-5H,6,9H2,1H3;2-4,11H,9H2,1H3;4,6H,1-2,5H2/b;21-15-;;;;;/t;;;;;;4-/m......1/s1. The summed E-state index contributed by atoms with van der Waals surface area (Å²) < 4.78 is 126. The Labute approximate surface area is 624 Å². The van der Waals surface area contributed by atoms with Crippen LogP contribution in [0.5, 0.6) is 5.75 Å². The molecule has 4 bridgehead atoms. The van der Waals surface area contributed by atoms with Gasteiger partial charge < -0.3 is 53.8 Å². The van der Waals surface area contributed by atoms with Crippen molar-refractivity contribution in [3.63, 3.8) is 0 Å². The molecule has 1 saturated heterocycles. The molecule has 584 valence electrons. The zero-order valence-electron chi connectivity index (χ0n) is 61.9. The molecule has 1 aromatic heterocycles. The Balaban J connectivity index is 0.000000201. The third-order valence-electron chi connectivity index (χ3n) is 19.2. The van der Waals surface area contributed by atoms with Gasteiger partial charge in [-0.15, -0.1) is 10.2 Å². The van der Waals surface area contributed by atoms with Crippen molar-refractivity contribution in [2.45, 2.75) is 178 Å². The molecule has 4 aliphatic carbocycles. The summed E-state index contributed by atoms with van der Waals surface area (Å²) in [6, 6.07) is 29.6. The molecule has 13 rings (SSSR count). The second-order valence-electron chi connectivity index (χ2n) is 28.0. The number of aryl methyl sites for hydroxylation is 2. The number of nitrogen functional groups attached to an aromatic ring is 2. The van der Waals surface area contributed by atoms with Gasteiger partial charge in [0, 0.05) is 74.1 Å². The quantitative estimate of drug-likeness (QED) is 0.00709. The van der Waals surface area contributed by atoms with Gasteiger partial charge in [0.05, 0.1) is 50.7 Å². The van der Waals surface area contributed by atoms with Crippen LogP contribution in [0, 0.1) is 60.4 Å². The van der Waals surface area contributed by atoms with Gasteiger partial charge in [0.25, 0.3) is 0 Å². The van der Waals surface area contributed by atoms with Crippen molar-refractivity contribution in [3.8, 4) is 5.75 Å². The van der Waals surface area contributed by atoms with Crippen LogP contribution in [0.4, 0.5) is 37.7 Å². The maximum absolute atomic E-state index is 13.7. The van der Waals surface area contributed by atoms with E-state index >= 15 is 0 Å². The summed E-state index contributed by atoms with van der Waals surface area (Å²) in [6.45, 7) is 18.8. The van der Waals surface area contributed by atoms with E-state index < -0.39 is 54.9 Å². The minimum absolute atomic E-state index is 0.0139. The molecular weight excluding hydrogens is 1430 g/mol. The van der Waals surface area contributed by atoms with Gasteiger partial charge in [0.2, 0.25) is 15.7 Å². The molecule has 2 aliphatic heterocycles. The molecule has 6 aromatic carbocycles. The molecule has 1 unspecified atom stereocenters. The Hall–Kier alpha value is -8.71. The summed E-state index contributed by atoms with van der Waals surface area (Å²) in [4.78, 5) is 35.5. The molecular formula is C78H104F6N12O9S2. The lowest BCUT2D eigenvalue weighted by Gasteiger charge is -2.58. The number of phenols is 1. The van der Waals surface area contributed by atoms with Crippen molar-refractivity contribution in [1.29, 1.82) is 0 Å². The number of hydrogen-bond acceptors (Lipinski definition) is 19. The molecule has 29 heteroatoms. The van der Waals surface area contributed by atoms with Crippen LogP contribution < -0.4 is 39.9 Å². The molecule has 7 aromatic rings. The van der Waals surface area contributed by atoms with Gasteiger partial charge >= 0.3 is 6.18 Å². The summed E-state index contributed by atoms with van der Waals surface area (Å²) in [5.41, 5.74) is 40.9. The van der Waals surface area contributed by atoms with E-state index in [9.17, 15) is 52.8 Å². The zero-order chi connectivity index (χ0) is 79.0. The molecule has 0 radical (unpaired) electrons. The normalized spacial score (nSPS) is 18.7. The van der Waals surface area contributed by atoms with Crippen LogP contribution in [0.25, 0.3) is 0 Å². The van der Waals surface area contributed by atoms with Crippen LogP contribution in [-0.2, 0) is 66.4 Å². The fourth-order valence-corrected chi connectivity index (χ4v) is 15.3.